The first-order valence-electron chi connectivity index (χ1n) is 9.23. The van der Waals surface area contributed by atoms with E-state index in [0.717, 1.165) is 15.4 Å². The molecule has 148 valence electrons. The highest BCUT2D eigenvalue weighted by Gasteiger charge is 2.73. The van der Waals surface area contributed by atoms with Crippen LogP contribution in [-0.2, 0) is 10.0 Å². The SMILES string of the molecule is Cc1ccc(C(=O)[C@]2(Cl)[C@@H](c3ccc(C)cc3)N2S(=O)(=O)c2ccccc2)cc1. The van der Waals surface area contributed by atoms with Crippen molar-refractivity contribution in [2.75, 3.05) is 0 Å². The summed E-state index contributed by atoms with van der Waals surface area (Å²) >= 11 is 6.81. The number of aryl methyl sites for hydroxylation is 2. The number of sulfonamides is 1. The molecule has 3 atom stereocenters. The summed E-state index contributed by atoms with van der Waals surface area (Å²) in [4.78, 5) is 11.8. The van der Waals surface area contributed by atoms with Gasteiger partial charge < -0.3 is 0 Å². The normalized spacial score (nSPS) is 23.6. The van der Waals surface area contributed by atoms with Gasteiger partial charge in [0.2, 0.25) is 15.8 Å². The monoisotopic (exact) mass is 425 g/mol. The van der Waals surface area contributed by atoms with Crippen molar-refractivity contribution in [3.05, 3.63) is 101 Å². The first-order valence-corrected chi connectivity index (χ1v) is 11.0. The number of alkyl halides is 1. The molecule has 1 unspecified atom stereocenters. The number of benzene rings is 3. The van der Waals surface area contributed by atoms with Crippen LogP contribution in [0.25, 0.3) is 0 Å². The van der Waals surface area contributed by atoms with Crippen LogP contribution in [0, 0.1) is 13.8 Å². The number of hydrogen-bond acceptors (Lipinski definition) is 3. The molecule has 0 bridgehead atoms. The summed E-state index contributed by atoms with van der Waals surface area (Å²) in [6.07, 6.45) is 0. The van der Waals surface area contributed by atoms with E-state index in [2.05, 4.69) is 0 Å². The molecule has 0 spiro atoms. The van der Waals surface area contributed by atoms with E-state index in [1.54, 1.807) is 30.3 Å². The van der Waals surface area contributed by atoms with E-state index in [0.29, 0.717) is 11.1 Å². The fraction of sp³-hybridized carbons (Fsp3) is 0.174. The molecule has 0 radical (unpaired) electrons. The summed E-state index contributed by atoms with van der Waals surface area (Å²) in [5, 5.41) is 0. The van der Waals surface area contributed by atoms with Crippen molar-refractivity contribution in [1.82, 2.24) is 4.31 Å². The Kier molecular flexibility index (Phi) is 4.85. The third-order valence-corrected chi connectivity index (χ3v) is 7.72. The van der Waals surface area contributed by atoms with Crippen LogP contribution < -0.4 is 0 Å². The van der Waals surface area contributed by atoms with E-state index in [1.165, 1.54) is 12.1 Å². The largest absolute Gasteiger partial charge is 0.291 e. The second kappa shape index (κ2) is 7.10. The Balaban J connectivity index is 1.81. The molecule has 0 saturated carbocycles. The van der Waals surface area contributed by atoms with Gasteiger partial charge in [0, 0.05) is 5.56 Å². The van der Waals surface area contributed by atoms with Crippen LogP contribution in [0.4, 0.5) is 0 Å². The molecule has 1 aliphatic heterocycles. The molecule has 3 aromatic rings. The lowest BCUT2D eigenvalue weighted by Gasteiger charge is -2.10. The van der Waals surface area contributed by atoms with Crippen LogP contribution in [-0.4, -0.2) is 23.5 Å². The molecule has 29 heavy (non-hydrogen) atoms. The van der Waals surface area contributed by atoms with E-state index < -0.39 is 26.8 Å². The van der Waals surface area contributed by atoms with Gasteiger partial charge in [-0.05, 0) is 31.5 Å². The van der Waals surface area contributed by atoms with Crippen molar-refractivity contribution in [2.24, 2.45) is 0 Å². The lowest BCUT2D eigenvalue weighted by atomic mass is 10.0. The van der Waals surface area contributed by atoms with Gasteiger partial charge >= 0.3 is 0 Å². The molecular formula is C23H20ClNO3S. The molecule has 0 N–H and O–H groups in total. The lowest BCUT2D eigenvalue weighted by Crippen LogP contribution is -2.27. The summed E-state index contributed by atoms with van der Waals surface area (Å²) in [6.45, 7) is 3.86. The summed E-state index contributed by atoms with van der Waals surface area (Å²) < 4.78 is 27.8. The van der Waals surface area contributed by atoms with Crippen molar-refractivity contribution < 1.29 is 13.2 Å². The van der Waals surface area contributed by atoms with Gasteiger partial charge in [-0.1, -0.05) is 89.5 Å². The summed E-state index contributed by atoms with van der Waals surface area (Å²) in [5.41, 5.74) is 3.11. The van der Waals surface area contributed by atoms with Crippen LogP contribution in [0.2, 0.25) is 0 Å². The summed E-state index contributed by atoms with van der Waals surface area (Å²) in [7, 11) is -3.96. The highest BCUT2D eigenvalue weighted by Crippen LogP contribution is 2.60. The van der Waals surface area contributed by atoms with Crippen LogP contribution in [0.5, 0.6) is 0 Å². The quantitative estimate of drug-likeness (QED) is 0.254. The van der Waals surface area contributed by atoms with Gasteiger partial charge in [-0.3, -0.25) is 4.79 Å². The average Bonchev–Trinajstić information content (AvgIpc) is 3.37. The highest BCUT2D eigenvalue weighted by atomic mass is 35.5. The van der Waals surface area contributed by atoms with Gasteiger partial charge in [0.05, 0.1) is 10.9 Å². The number of ketones is 1. The van der Waals surface area contributed by atoms with E-state index >= 15 is 0 Å². The van der Waals surface area contributed by atoms with Gasteiger partial charge in [0.1, 0.15) is 0 Å². The molecule has 0 aromatic heterocycles. The molecule has 4 nitrogen and oxygen atoms in total. The maximum Gasteiger partial charge on any atom is 0.245 e. The van der Waals surface area contributed by atoms with E-state index in [-0.39, 0.29) is 4.90 Å². The molecule has 1 saturated heterocycles. The zero-order valence-corrected chi connectivity index (χ0v) is 17.6. The zero-order chi connectivity index (χ0) is 20.8. The smallest absolute Gasteiger partial charge is 0.245 e. The van der Waals surface area contributed by atoms with Gasteiger partial charge in [-0.25, -0.2) is 8.42 Å². The van der Waals surface area contributed by atoms with E-state index in [1.807, 2.05) is 50.2 Å². The average molecular weight is 426 g/mol. The number of nitrogens with zero attached hydrogens (tertiary/aromatic N) is 1. The van der Waals surface area contributed by atoms with Crippen molar-refractivity contribution in [1.29, 1.82) is 0 Å². The van der Waals surface area contributed by atoms with Gasteiger partial charge in [0.15, 0.2) is 5.00 Å². The minimum absolute atomic E-state index is 0.108. The predicted molar refractivity (Wildman–Crippen MR) is 113 cm³/mol. The van der Waals surface area contributed by atoms with Crippen molar-refractivity contribution in [2.45, 2.75) is 29.8 Å². The number of hydrogen-bond donors (Lipinski definition) is 0. The topological polar surface area (TPSA) is 54.2 Å². The van der Waals surface area contributed by atoms with Crippen molar-refractivity contribution in [3.63, 3.8) is 0 Å². The van der Waals surface area contributed by atoms with Gasteiger partial charge in [-0.2, -0.15) is 4.31 Å². The van der Waals surface area contributed by atoms with E-state index in [9.17, 15) is 13.2 Å². The molecule has 3 aromatic carbocycles. The molecule has 0 amide bonds. The standard InChI is InChI=1S/C23H20ClNO3S/c1-16-8-12-18(13-9-16)21-23(24,22(26)19-14-10-17(2)11-15-19)25(21)29(27,28)20-6-4-3-5-7-20/h3-15,21H,1-2H3/t21-,23+,25?/m1/s1. The Morgan fingerprint density at radius 2 is 1.38 bits per heavy atom. The Hall–Kier alpha value is -2.47. The summed E-state index contributed by atoms with van der Waals surface area (Å²) in [5.74, 6) is -0.427. The lowest BCUT2D eigenvalue weighted by molar-refractivity contribution is 0.0965. The minimum atomic E-state index is -3.96. The Morgan fingerprint density at radius 1 is 0.862 bits per heavy atom. The molecular weight excluding hydrogens is 406 g/mol. The summed E-state index contributed by atoms with van der Waals surface area (Å²) in [6, 6.07) is 21.7. The van der Waals surface area contributed by atoms with Crippen LogP contribution >= 0.6 is 11.6 Å². The maximum atomic E-state index is 13.3. The zero-order valence-electron chi connectivity index (χ0n) is 16.0. The fourth-order valence-electron chi connectivity index (χ4n) is 3.50. The van der Waals surface area contributed by atoms with Gasteiger partial charge in [0.25, 0.3) is 0 Å². The second-order valence-electron chi connectivity index (χ2n) is 7.30. The molecule has 1 fully saturated rings. The molecule has 0 aliphatic carbocycles. The number of carbonyl (C=O) groups excluding carboxylic acids is 1. The molecule has 1 heterocycles. The Bertz CT molecular complexity index is 1160. The van der Waals surface area contributed by atoms with Crippen LogP contribution in [0.1, 0.15) is 33.1 Å². The third kappa shape index (κ3) is 3.29. The van der Waals surface area contributed by atoms with Crippen LogP contribution in [0.3, 0.4) is 0 Å². The highest BCUT2D eigenvalue weighted by molar-refractivity contribution is 7.89. The number of rotatable bonds is 5. The minimum Gasteiger partial charge on any atom is -0.291 e. The Labute approximate surface area is 175 Å². The van der Waals surface area contributed by atoms with E-state index in [4.69, 9.17) is 11.6 Å². The molecule has 1 aliphatic rings. The third-order valence-electron chi connectivity index (χ3n) is 5.18. The van der Waals surface area contributed by atoms with Crippen molar-refractivity contribution in [3.8, 4) is 0 Å². The fourth-order valence-corrected chi connectivity index (χ4v) is 5.98. The van der Waals surface area contributed by atoms with Crippen LogP contribution in [0.15, 0.2) is 83.8 Å². The number of halogens is 1. The maximum absolute atomic E-state index is 13.3. The number of carbonyl (C=O) groups is 1. The second-order valence-corrected chi connectivity index (χ2v) is 9.69. The first kappa shape index (κ1) is 19.8. The van der Waals surface area contributed by atoms with Crippen molar-refractivity contribution >= 4 is 27.4 Å². The predicted octanol–water partition coefficient (Wildman–Crippen LogP) is 4.87. The molecule has 4 rings (SSSR count). The molecule has 6 heteroatoms. The number of Topliss-reactive ketones (excluding diaryl/α,β-unsaturated/α-hetero) is 1. The first-order chi connectivity index (χ1) is 13.8. The Morgan fingerprint density at radius 3 is 1.93 bits per heavy atom. The van der Waals surface area contributed by atoms with Gasteiger partial charge in [-0.15, -0.1) is 0 Å².